The monoisotopic (exact) mass is 770 g/mol. The maximum Gasteiger partial charge on any atom is 0.0467 e. The van der Waals surface area contributed by atoms with Gasteiger partial charge in [-0.25, -0.2) is 0 Å². The van der Waals surface area contributed by atoms with Crippen molar-refractivity contribution in [3.63, 3.8) is 0 Å². The molecule has 0 radical (unpaired) electrons. The Hall–Kier alpha value is -7.42. The SMILES string of the molecule is NC1=C(CCc2ccc(-c3ccccc3)cc2)c2ccc(N(c3ccc(-c4ccccc4)cc3)c3cccc(-c4ccc(-c5cccc6ccccc56)cc4)c3)cc2CC1. The van der Waals surface area contributed by atoms with Crippen LogP contribution in [0.15, 0.2) is 224 Å². The lowest BCUT2D eigenvalue weighted by molar-refractivity contribution is 0.875. The Balaban J connectivity index is 0.968. The standard InChI is InChI=1S/C58H46N2/c59-58-38-32-50-40-53(35-37-56(50)57(58)36-23-41-21-24-44(25-22-41)42-11-3-1-4-12-42)60(51-33-30-45(31-34-51)43-13-5-2-6-14-43)52-18-9-17-49(39-52)46-26-28-48(29-27-46)55-20-10-16-47-15-7-8-19-54(47)55/h1-22,24-31,33-35,37,39-40H,23,32,36,38,59H2. The van der Waals surface area contributed by atoms with Crippen molar-refractivity contribution in [3.05, 3.63) is 241 Å². The summed E-state index contributed by atoms with van der Waals surface area (Å²) in [6, 6.07) is 79.3. The van der Waals surface area contributed by atoms with Crippen LogP contribution in [0.25, 0.3) is 60.9 Å². The van der Waals surface area contributed by atoms with Gasteiger partial charge in [0.15, 0.2) is 0 Å². The van der Waals surface area contributed by atoms with Crippen LogP contribution in [0.5, 0.6) is 0 Å². The van der Waals surface area contributed by atoms with Gasteiger partial charge in [0.2, 0.25) is 0 Å². The summed E-state index contributed by atoms with van der Waals surface area (Å²) in [5.41, 5.74) is 26.2. The summed E-state index contributed by atoms with van der Waals surface area (Å²) in [7, 11) is 0. The van der Waals surface area contributed by atoms with Gasteiger partial charge in [0, 0.05) is 22.8 Å². The number of rotatable bonds is 10. The lowest BCUT2D eigenvalue weighted by Gasteiger charge is -2.29. The van der Waals surface area contributed by atoms with Crippen molar-refractivity contribution in [2.45, 2.75) is 25.7 Å². The van der Waals surface area contributed by atoms with Crippen LogP contribution in [0.4, 0.5) is 17.1 Å². The van der Waals surface area contributed by atoms with E-state index in [4.69, 9.17) is 5.73 Å². The Morgan fingerprint density at radius 3 is 1.63 bits per heavy atom. The number of fused-ring (bicyclic) bond motifs is 2. The number of nitrogens with two attached hydrogens (primary N) is 1. The van der Waals surface area contributed by atoms with Crippen LogP contribution in [-0.4, -0.2) is 0 Å². The fourth-order valence-corrected chi connectivity index (χ4v) is 8.90. The Kier molecular flexibility index (Phi) is 10.1. The highest BCUT2D eigenvalue weighted by Gasteiger charge is 2.21. The zero-order chi connectivity index (χ0) is 40.3. The van der Waals surface area contributed by atoms with Crippen LogP contribution in [0.1, 0.15) is 29.5 Å². The predicted molar refractivity (Wildman–Crippen MR) is 255 cm³/mol. The van der Waals surface area contributed by atoms with Gasteiger partial charge in [-0.05, 0) is 140 Å². The minimum atomic E-state index is 0.870. The second-order valence-corrected chi connectivity index (χ2v) is 15.8. The number of benzene rings is 9. The minimum absolute atomic E-state index is 0.870. The van der Waals surface area contributed by atoms with Crippen molar-refractivity contribution in [2.24, 2.45) is 5.73 Å². The van der Waals surface area contributed by atoms with Gasteiger partial charge < -0.3 is 10.6 Å². The van der Waals surface area contributed by atoms with E-state index in [0.717, 1.165) is 48.4 Å². The molecule has 0 fully saturated rings. The van der Waals surface area contributed by atoms with Crippen molar-refractivity contribution in [1.82, 2.24) is 0 Å². The highest BCUT2D eigenvalue weighted by molar-refractivity contribution is 5.97. The third kappa shape index (κ3) is 7.52. The van der Waals surface area contributed by atoms with Gasteiger partial charge in [-0.3, -0.25) is 0 Å². The van der Waals surface area contributed by atoms with E-state index >= 15 is 0 Å². The first-order chi connectivity index (χ1) is 29.6. The third-order valence-electron chi connectivity index (χ3n) is 12.1. The zero-order valence-corrected chi connectivity index (χ0v) is 33.6. The van der Waals surface area contributed by atoms with Crippen LogP contribution < -0.4 is 10.6 Å². The van der Waals surface area contributed by atoms with Crippen LogP contribution >= 0.6 is 0 Å². The molecule has 0 atom stereocenters. The molecule has 0 aliphatic heterocycles. The largest absolute Gasteiger partial charge is 0.402 e. The first kappa shape index (κ1) is 36.9. The molecular weight excluding hydrogens is 725 g/mol. The predicted octanol–water partition coefficient (Wildman–Crippen LogP) is 15.2. The number of hydrogen-bond donors (Lipinski definition) is 1. The fraction of sp³-hybridized carbons (Fsp3) is 0.0690. The summed E-state index contributed by atoms with van der Waals surface area (Å²) in [6.45, 7) is 0. The molecule has 288 valence electrons. The lowest BCUT2D eigenvalue weighted by atomic mass is 9.85. The van der Waals surface area contributed by atoms with Gasteiger partial charge in [0.05, 0.1) is 0 Å². The molecule has 1 aliphatic rings. The molecule has 0 heterocycles. The van der Waals surface area contributed by atoms with Crippen LogP contribution in [0.3, 0.4) is 0 Å². The maximum atomic E-state index is 6.81. The second kappa shape index (κ2) is 16.4. The molecule has 0 aromatic heterocycles. The average Bonchev–Trinajstić information content (AvgIpc) is 3.32. The summed E-state index contributed by atoms with van der Waals surface area (Å²) < 4.78 is 0. The molecule has 2 heteroatoms. The minimum Gasteiger partial charge on any atom is -0.402 e. The Bertz CT molecular complexity index is 2940. The summed E-state index contributed by atoms with van der Waals surface area (Å²) in [5.74, 6) is 0. The normalized spacial score (nSPS) is 12.3. The van der Waals surface area contributed by atoms with Gasteiger partial charge in [0.25, 0.3) is 0 Å². The molecule has 0 amide bonds. The van der Waals surface area contributed by atoms with Crippen molar-refractivity contribution in [1.29, 1.82) is 0 Å². The van der Waals surface area contributed by atoms with E-state index in [2.05, 4.69) is 223 Å². The molecule has 2 N–H and O–H groups in total. The Morgan fingerprint density at radius 2 is 0.900 bits per heavy atom. The highest BCUT2D eigenvalue weighted by Crippen LogP contribution is 2.41. The van der Waals surface area contributed by atoms with E-state index in [1.54, 1.807) is 0 Å². The van der Waals surface area contributed by atoms with E-state index in [1.165, 1.54) is 77.5 Å². The van der Waals surface area contributed by atoms with E-state index < -0.39 is 0 Å². The quantitative estimate of drug-likeness (QED) is 0.150. The Morgan fingerprint density at radius 1 is 0.367 bits per heavy atom. The fourth-order valence-electron chi connectivity index (χ4n) is 8.90. The van der Waals surface area contributed by atoms with E-state index in [0.29, 0.717) is 0 Å². The molecule has 0 unspecified atom stereocenters. The number of nitrogens with zero attached hydrogens (tertiary/aromatic N) is 1. The summed E-state index contributed by atoms with van der Waals surface area (Å²) in [4.78, 5) is 2.40. The van der Waals surface area contributed by atoms with Gasteiger partial charge in [-0.2, -0.15) is 0 Å². The Labute approximate surface area is 353 Å². The van der Waals surface area contributed by atoms with Crippen molar-refractivity contribution in [2.75, 3.05) is 4.90 Å². The molecule has 9 aromatic rings. The van der Waals surface area contributed by atoms with Crippen molar-refractivity contribution >= 4 is 33.4 Å². The summed E-state index contributed by atoms with van der Waals surface area (Å²) >= 11 is 0. The number of aryl methyl sites for hydroxylation is 2. The van der Waals surface area contributed by atoms with Gasteiger partial charge in [-0.1, -0.05) is 182 Å². The second-order valence-electron chi connectivity index (χ2n) is 15.8. The molecule has 1 aliphatic carbocycles. The third-order valence-corrected chi connectivity index (χ3v) is 12.1. The number of hydrogen-bond acceptors (Lipinski definition) is 2. The van der Waals surface area contributed by atoms with Crippen molar-refractivity contribution < 1.29 is 0 Å². The topological polar surface area (TPSA) is 29.3 Å². The molecule has 0 saturated heterocycles. The molecular formula is C58H46N2. The van der Waals surface area contributed by atoms with Gasteiger partial charge >= 0.3 is 0 Å². The van der Waals surface area contributed by atoms with Gasteiger partial charge in [0.1, 0.15) is 0 Å². The molecule has 2 nitrogen and oxygen atoms in total. The van der Waals surface area contributed by atoms with E-state index in [9.17, 15) is 0 Å². The molecule has 0 saturated carbocycles. The molecule has 10 rings (SSSR count). The zero-order valence-electron chi connectivity index (χ0n) is 33.6. The average molecular weight is 771 g/mol. The summed E-state index contributed by atoms with van der Waals surface area (Å²) in [6.07, 6.45) is 3.65. The number of anilines is 3. The highest BCUT2D eigenvalue weighted by atomic mass is 15.1. The van der Waals surface area contributed by atoms with E-state index in [1.807, 2.05) is 0 Å². The molecule has 0 bridgehead atoms. The lowest BCUT2D eigenvalue weighted by Crippen LogP contribution is -2.14. The molecule has 0 spiro atoms. The smallest absolute Gasteiger partial charge is 0.0467 e. The summed E-state index contributed by atoms with van der Waals surface area (Å²) in [5, 5.41) is 2.53. The first-order valence-electron chi connectivity index (χ1n) is 21.0. The first-order valence-corrected chi connectivity index (χ1v) is 21.0. The van der Waals surface area contributed by atoms with Crippen LogP contribution in [-0.2, 0) is 12.8 Å². The molecule has 9 aromatic carbocycles. The van der Waals surface area contributed by atoms with E-state index in [-0.39, 0.29) is 0 Å². The molecule has 60 heavy (non-hydrogen) atoms. The van der Waals surface area contributed by atoms with Crippen LogP contribution in [0.2, 0.25) is 0 Å². The number of allylic oxidation sites excluding steroid dienone is 2. The van der Waals surface area contributed by atoms with Crippen molar-refractivity contribution in [3.8, 4) is 44.5 Å². The van der Waals surface area contributed by atoms with Crippen LogP contribution in [0, 0.1) is 0 Å². The van der Waals surface area contributed by atoms with Gasteiger partial charge in [-0.15, -0.1) is 0 Å². The maximum absolute atomic E-state index is 6.81.